The van der Waals surface area contributed by atoms with Gasteiger partial charge in [0.2, 0.25) is 0 Å². The molecule has 0 aliphatic heterocycles. The van der Waals surface area contributed by atoms with Gasteiger partial charge >= 0.3 is 0 Å². The Labute approximate surface area is 62.4 Å². The lowest BCUT2D eigenvalue weighted by molar-refractivity contribution is 0.271. The molecule has 0 fully saturated rings. The van der Waals surface area contributed by atoms with Crippen LogP contribution >= 0.6 is 0 Å². The predicted molar refractivity (Wildman–Crippen MR) is 43.8 cm³/mol. The van der Waals surface area contributed by atoms with E-state index in [2.05, 4.69) is 19.2 Å². The summed E-state index contributed by atoms with van der Waals surface area (Å²) in [6.07, 6.45) is 6.83. The van der Waals surface area contributed by atoms with E-state index in [0.717, 1.165) is 12.8 Å². The van der Waals surface area contributed by atoms with Gasteiger partial charge in [-0.1, -0.05) is 32.1 Å². The Bertz CT molecular complexity index is 141. The molecule has 0 heterocycles. The molecule has 0 aromatic carbocycles. The highest BCUT2D eigenvalue weighted by molar-refractivity contribution is 4.99. The van der Waals surface area contributed by atoms with E-state index in [0.29, 0.717) is 0 Å². The molecule has 56 valence electrons. The molecule has 1 atom stereocenters. The van der Waals surface area contributed by atoms with Gasteiger partial charge in [0.05, 0.1) is 6.10 Å². The third kappa shape index (κ3) is 5.36. The van der Waals surface area contributed by atoms with E-state index < -0.39 is 6.10 Å². The van der Waals surface area contributed by atoms with Gasteiger partial charge in [-0.05, 0) is 12.5 Å². The first-order valence-electron chi connectivity index (χ1n) is 3.52. The van der Waals surface area contributed by atoms with Crippen molar-refractivity contribution in [2.45, 2.75) is 25.9 Å². The molecule has 0 saturated heterocycles. The van der Waals surface area contributed by atoms with Crippen molar-refractivity contribution < 1.29 is 5.11 Å². The van der Waals surface area contributed by atoms with Gasteiger partial charge < -0.3 is 5.11 Å². The summed E-state index contributed by atoms with van der Waals surface area (Å²) in [6, 6.07) is 0. The van der Waals surface area contributed by atoms with Gasteiger partial charge in [0.25, 0.3) is 0 Å². The Morgan fingerprint density at radius 1 is 1.70 bits per heavy atom. The van der Waals surface area contributed by atoms with Crippen molar-refractivity contribution >= 4 is 0 Å². The van der Waals surface area contributed by atoms with E-state index in [9.17, 15) is 0 Å². The molecule has 0 radical (unpaired) electrons. The lowest BCUT2D eigenvalue weighted by Crippen LogP contribution is -1.94. The molecule has 0 aromatic rings. The molecule has 0 aliphatic carbocycles. The average molecular weight is 138 g/mol. The highest BCUT2D eigenvalue weighted by atomic mass is 16.3. The summed E-state index contributed by atoms with van der Waals surface area (Å²) < 4.78 is 0. The first-order chi connectivity index (χ1) is 4.81. The van der Waals surface area contributed by atoms with Crippen molar-refractivity contribution in [3.63, 3.8) is 0 Å². The van der Waals surface area contributed by atoms with Crippen molar-refractivity contribution in [1.29, 1.82) is 0 Å². The minimum atomic E-state index is -0.510. The largest absolute Gasteiger partial charge is 0.384 e. The lowest BCUT2D eigenvalue weighted by Gasteiger charge is -1.92. The zero-order valence-electron chi connectivity index (χ0n) is 6.38. The van der Waals surface area contributed by atoms with Crippen LogP contribution in [0.4, 0.5) is 0 Å². The Morgan fingerprint density at radius 2 is 2.40 bits per heavy atom. The van der Waals surface area contributed by atoms with Crippen LogP contribution in [0.25, 0.3) is 0 Å². The van der Waals surface area contributed by atoms with Crippen LogP contribution in [0, 0.1) is 0 Å². The topological polar surface area (TPSA) is 20.2 Å². The maximum absolute atomic E-state index is 9.03. The molecule has 10 heavy (non-hydrogen) atoms. The number of aliphatic hydroxyl groups excluding tert-OH is 1. The Balaban J connectivity index is 3.54. The summed E-state index contributed by atoms with van der Waals surface area (Å²) in [5.74, 6) is 0. The second-order valence-electron chi connectivity index (χ2n) is 2.08. The van der Waals surface area contributed by atoms with Gasteiger partial charge in [-0.3, -0.25) is 0 Å². The predicted octanol–water partition coefficient (Wildman–Crippen LogP) is 2.04. The van der Waals surface area contributed by atoms with Crippen LogP contribution < -0.4 is 0 Å². The Morgan fingerprint density at radius 3 is 2.90 bits per heavy atom. The van der Waals surface area contributed by atoms with E-state index in [1.165, 1.54) is 6.08 Å². The molecule has 0 spiro atoms. The van der Waals surface area contributed by atoms with Crippen LogP contribution in [0.5, 0.6) is 0 Å². The van der Waals surface area contributed by atoms with Crippen molar-refractivity contribution in [2.24, 2.45) is 0 Å². The molecule has 0 amide bonds. The Kier molecular flexibility index (Phi) is 5.85. The molecule has 1 heteroatoms. The van der Waals surface area contributed by atoms with E-state index >= 15 is 0 Å². The van der Waals surface area contributed by atoms with Crippen molar-refractivity contribution in [2.75, 3.05) is 0 Å². The molecule has 0 saturated carbocycles. The van der Waals surface area contributed by atoms with Gasteiger partial charge in [-0.2, -0.15) is 0 Å². The van der Waals surface area contributed by atoms with Crippen molar-refractivity contribution in [3.8, 4) is 0 Å². The average Bonchev–Trinajstić information content (AvgIpc) is 1.89. The Hall–Kier alpha value is -0.780. The zero-order valence-corrected chi connectivity index (χ0v) is 6.38. The van der Waals surface area contributed by atoms with Gasteiger partial charge in [0.1, 0.15) is 0 Å². The monoisotopic (exact) mass is 138 g/mol. The van der Waals surface area contributed by atoms with E-state index in [1.54, 1.807) is 6.08 Å². The fourth-order valence-corrected chi connectivity index (χ4v) is 0.579. The minimum Gasteiger partial charge on any atom is -0.384 e. The summed E-state index contributed by atoms with van der Waals surface area (Å²) in [5, 5.41) is 9.03. The summed E-state index contributed by atoms with van der Waals surface area (Å²) in [5.41, 5.74) is 2.52. The van der Waals surface area contributed by atoms with Crippen molar-refractivity contribution in [1.82, 2.24) is 0 Å². The number of unbranched alkanes of at least 4 members (excludes halogenated alkanes) is 1. The summed E-state index contributed by atoms with van der Waals surface area (Å²) >= 11 is 0. The van der Waals surface area contributed by atoms with Gasteiger partial charge in [-0.25, -0.2) is 0 Å². The van der Waals surface area contributed by atoms with Crippen LogP contribution in [-0.2, 0) is 0 Å². The smallest absolute Gasteiger partial charge is 0.0975 e. The van der Waals surface area contributed by atoms with Crippen LogP contribution in [0.1, 0.15) is 19.8 Å². The molecule has 0 bridgehead atoms. The molecule has 0 aromatic heterocycles. The number of rotatable bonds is 4. The zero-order chi connectivity index (χ0) is 7.82. The van der Waals surface area contributed by atoms with Crippen LogP contribution in [-0.4, -0.2) is 11.2 Å². The van der Waals surface area contributed by atoms with Crippen LogP contribution in [0.3, 0.4) is 0 Å². The normalized spacial score (nSPS) is 13.0. The fraction of sp³-hybridized carbons (Fsp3) is 0.444. The third-order valence-electron chi connectivity index (χ3n) is 1.08. The number of hydrogen-bond donors (Lipinski definition) is 1. The molecule has 1 nitrogen and oxygen atoms in total. The lowest BCUT2D eigenvalue weighted by atomic mass is 10.2. The van der Waals surface area contributed by atoms with Gasteiger partial charge in [-0.15, -0.1) is 5.73 Å². The highest BCUT2D eigenvalue weighted by Gasteiger charge is 1.86. The second-order valence-corrected chi connectivity index (χ2v) is 2.08. The summed E-state index contributed by atoms with van der Waals surface area (Å²) in [6.45, 7) is 5.45. The SMILES string of the molecule is C=C=CC(O)/C=C/CCC. The van der Waals surface area contributed by atoms with E-state index in [4.69, 9.17) is 5.11 Å². The van der Waals surface area contributed by atoms with E-state index in [1.807, 2.05) is 6.08 Å². The number of hydrogen-bond acceptors (Lipinski definition) is 1. The van der Waals surface area contributed by atoms with Crippen LogP contribution in [0.15, 0.2) is 30.5 Å². The maximum Gasteiger partial charge on any atom is 0.0975 e. The minimum absolute atomic E-state index is 0.510. The molecular formula is C9H14O. The summed E-state index contributed by atoms with van der Waals surface area (Å²) in [7, 11) is 0. The quantitative estimate of drug-likeness (QED) is 0.465. The third-order valence-corrected chi connectivity index (χ3v) is 1.08. The fourth-order valence-electron chi connectivity index (χ4n) is 0.579. The number of aliphatic hydroxyl groups is 1. The first kappa shape index (κ1) is 9.22. The standard InChI is InChI=1S/C9H14O/c1-3-5-6-8-9(10)7-4-2/h6-10H,2-3,5H2,1H3/b8-6+. The molecule has 1 N–H and O–H groups in total. The second kappa shape index (κ2) is 6.34. The van der Waals surface area contributed by atoms with E-state index in [-0.39, 0.29) is 0 Å². The first-order valence-corrected chi connectivity index (χ1v) is 3.52. The number of allylic oxidation sites excluding steroid dienone is 1. The molecule has 1 unspecified atom stereocenters. The highest BCUT2D eigenvalue weighted by Crippen LogP contribution is 1.92. The molecule has 0 rings (SSSR count). The maximum atomic E-state index is 9.03. The van der Waals surface area contributed by atoms with Crippen LogP contribution in [0.2, 0.25) is 0 Å². The van der Waals surface area contributed by atoms with Crippen molar-refractivity contribution in [3.05, 3.63) is 30.5 Å². The van der Waals surface area contributed by atoms with Gasteiger partial charge in [0, 0.05) is 0 Å². The molecule has 0 aliphatic rings. The van der Waals surface area contributed by atoms with Gasteiger partial charge in [0.15, 0.2) is 0 Å². The summed E-state index contributed by atoms with van der Waals surface area (Å²) in [4.78, 5) is 0. The molecular weight excluding hydrogens is 124 g/mol.